The monoisotopic (exact) mass is 253 g/mol. The average Bonchev–Trinajstić information content (AvgIpc) is 2.51. The molecule has 0 aromatic heterocycles. The number of nitrogens with one attached hydrogen (secondary N) is 1. The molecule has 0 aromatic carbocycles. The van der Waals surface area contributed by atoms with Crippen LogP contribution >= 0.6 is 0 Å². The Labute approximate surface area is 106 Å². The van der Waals surface area contributed by atoms with Gasteiger partial charge in [-0.3, -0.25) is 9.59 Å². The topological polar surface area (TPSA) is 83.5 Å². The lowest BCUT2D eigenvalue weighted by molar-refractivity contribution is -0.132. The third-order valence-electron chi connectivity index (χ3n) is 3.20. The van der Waals surface area contributed by atoms with Gasteiger partial charge in [0.05, 0.1) is 0 Å². The maximum absolute atomic E-state index is 11.8. The van der Waals surface area contributed by atoms with Crippen molar-refractivity contribution in [3.8, 4) is 0 Å². The van der Waals surface area contributed by atoms with Crippen molar-refractivity contribution in [2.45, 2.75) is 45.1 Å². The fraction of sp³-hybridized carbons (Fsp3) is 0.615. The number of aliphatic carboxylic acids is 1. The molecule has 100 valence electrons. The van der Waals surface area contributed by atoms with Crippen LogP contribution in [0.25, 0.3) is 0 Å². The Morgan fingerprint density at radius 2 is 2.06 bits per heavy atom. The van der Waals surface area contributed by atoms with E-state index in [2.05, 4.69) is 5.32 Å². The van der Waals surface area contributed by atoms with Gasteiger partial charge in [-0.05, 0) is 19.8 Å². The van der Waals surface area contributed by atoms with E-state index >= 15 is 0 Å². The minimum atomic E-state index is -1.16. The molecule has 0 bridgehead atoms. The molecule has 1 fully saturated rings. The summed E-state index contributed by atoms with van der Waals surface area (Å²) in [5.74, 6) is -1.58. The number of rotatable bonds is 4. The van der Waals surface area contributed by atoms with Gasteiger partial charge in [-0.2, -0.15) is 0 Å². The van der Waals surface area contributed by atoms with E-state index in [-0.39, 0.29) is 17.7 Å². The lowest BCUT2D eigenvalue weighted by Crippen LogP contribution is -2.40. The van der Waals surface area contributed by atoms with Crippen molar-refractivity contribution in [3.63, 3.8) is 0 Å². The van der Waals surface area contributed by atoms with Gasteiger partial charge >= 0.3 is 5.97 Å². The zero-order chi connectivity index (χ0) is 13.5. The molecule has 2 unspecified atom stereocenters. The van der Waals surface area contributed by atoms with E-state index in [0.29, 0.717) is 6.42 Å². The highest BCUT2D eigenvalue weighted by Gasteiger charge is 2.26. The smallest absolute Gasteiger partial charge is 0.328 e. The van der Waals surface area contributed by atoms with Crippen LogP contribution in [-0.2, 0) is 14.4 Å². The Morgan fingerprint density at radius 3 is 2.72 bits per heavy atom. The number of amides is 1. The van der Waals surface area contributed by atoms with Crippen LogP contribution in [0.1, 0.15) is 39.0 Å². The van der Waals surface area contributed by atoms with Gasteiger partial charge in [-0.1, -0.05) is 12.8 Å². The first-order chi connectivity index (χ1) is 8.50. The van der Waals surface area contributed by atoms with E-state index in [1.807, 2.05) is 0 Å². The first kappa shape index (κ1) is 14.4. The largest absolute Gasteiger partial charge is 0.478 e. The number of carboxylic acid groups (broad SMARTS) is 1. The third kappa shape index (κ3) is 4.69. The van der Waals surface area contributed by atoms with Gasteiger partial charge in [0.15, 0.2) is 0 Å². The summed E-state index contributed by atoms with van der Waals surface area (Å²) < 4.78 is 0. The molecular formula is C13H19NO4. The van der Waals surface area contributed by atoms with Crippen molar-refractivity contribution in [1.29, 1.82) is 0 Å². The normalized spacial score (nSPS) is 22.5. The summed E-state index contributed by atoms with van der Waals surface area (Å²) in [6.45, 7) is 1.79. The highest BCUT2D eigenvalue weighted by molar-refractivity contribution is 5.94. The molecule has 1 aliphatic carbocycles. The van der Waals surface area contributed by atoms with Crippen LogP contribution in [0.5, 0.6) is 0 Å². The lowest BCUT2D eigenvalue weighted by Gasteiger charge is -2.21. The van der Waals surface area contributed by atoms with Gasteiger partial charge in [0.2, 0.25) is 5.91 Å². The molecule has 5 nitrogen and oxygen atoms in total. The summed E-state index contributed by atoms with van der Waals surface area (Å²) in [6.07, 6.45) is 6.12. The van der Waals surface area contributed by atoms with Crippen LogP contribution in [0, 0.1) is 5.92 Å². The number of hydrogen-bond acceptors (Lipinski definition) is 3. The number of carbonyl (C=O) groups is 3. The Balaban J connectivity index is 2.52. The quantitative estimate of drug-likeness (QED) is 0.584. The maximum Gasteiger partial charge on any atom is 0.328 e. The second-order valence-electron chi connectivity index (χ2n) is 4.64. The van der Waals surface area contributed by atoms with Crippen LogP contribution in [0.3, 0.4) is 0 Å². The number of Topliss-reactive ketones (excluding diaryl/α,β-unsaturated/α-hetero) is 1. The molecule has 2 N–H and O–H groups in total. The van der Waals surface area contributed by atoms with Gasteiger partial charge in [0.1, 0.15) is 5.78 Å². The summed E-state index contributed by atoms with van der Waals surface area (Å²) in [5, 5.41) is 11.1. The van der Waals surface area contributed by atoms with Crippen molar-refractivity contribution in [2.24, 2.45) is 5.92 Å². The van der Waals surface area contributed by atoms with Crippen molar-refractivity contribution < 1.29 is 19.5 Å². The molecule has 0 spiro atoms. The molecule has 1 aliphatic rings. The average molecular weight is 253 g/mol. The SMILES string of the molecule is CC(NC(=O)/C=C\C(=O)O)C1CCCCCC1=O. The second-order valence-corrected chi connectivity index (χ2v) is 4.64. The number of hydrogen-bond donors (Lipinski definition) is 2. The number of ketones is 1. The minimum absolute atomic E-state index is 0.144. The molecule has 5 heteroatoms. The zero-order valence-corrected chi connectivity index (χ0v) is 10.5. The molecule has 1 rings (SSSR count). The second kappa shape index (κ2) is 6.93. The molecule has 1 amide bonds. The molecule has 0 aliphatic heterocycles. The van der Waals surface area contributed by atoms with Crippen molar-refractivity contribution in [2.75, 3.05) is 0 Å². The predicted molar refractivity (Wildman–Crippen MR) is 66.0 cm³/mol. The van der Waals surface area contributed by atoms with E-state index in [0.717, 1.165) is 37.8 Å². The molecule has 18 heavy (non-hydrogen) atoms. The summed E-state index contributed by atoms with van der Waals surface area (Å²) in [6, 6.07) is -0.249. The number of carbonyl (C=O) groups excluding carboxylic acids is 2. The van der Waals surface area contributed by atoms with E-state index in [4.69, 9.17) is 5.11 Å². The van der Waals surface area contributed by atoms with Crippen LogP contribution in [0.2, 0.25) is 0 Å². The van der Waals surface area contributed by atoms with Gasteiger partial charge in [-0.15, -0.1) is 0 Å². The Morgan fingerprint density at radius 1 is 1.33 bits per heavy atom. The van der Waals surface area contributed by atoms with E-state index in [1.54, 1.807) is 6.92 Å². The molecule has 0 radical (unpaired) electrons. The zero-order valence-electron chi connectivity index (χ0n) is 10.5. The van der Waals surface area contributed by atoms with Crippen molar-refractivity contribution in [3.05, 3.63) is 12.2 Å². The van der Waals surface area contributed by atoms with Crippen LogP contribution < -0.4 is 5.32 Å². The summed E-state index contributed by atoms with van der Waals surface area (Å²) in [4.78, 5) is 33.5. The lowest BCUT2D eigenvalue weighted by atomic mass is 9.92. The van der Waals surface area contributed by atoms with Gasteiger partial charge < -0.3 is 10.4 Å². The molecule has 1 saturated carbocycles. The predicted octanol–water partition coefficient (Wildman–Crippen LogP) is 1.28. The first-order valence-corrected chi connectivity index (χ1v) is 6.25. The fourth-order valence-corrected chi connectivity index (χ4v) is 2.24. The fourth-order valence-electron chi connectivity index (χ4n) is 2.24. The maximum atomic E-state index is 11.8. The van der Waals surface area contributed by atoms with Crippen molar-refractivity contribution in [1.82, 2.24) is 5.32 Å². The van der Waals surface area contributed by atoms with E-state index in [1.165, 1.54) is 0 Å². The summed E-state index contributed by atoms with van der Waals surface area (Å²) >= 11 is 0. The number of carboxylic acids is 1. The summed E-state index contributed by atoms with van der Waals surface area (Å²) in [7, 11) is 0. The van der Waals surface area contributed by atoms with Crippen LogP contribution in [-0.4, -0.2) is 28.8 Å². The Kier molecular flexibility index (Phi) is 5.55. The van der Waals surface area contributed by atoms with Gasteiger partial charge in [-0.25, -0.2) is 4.79 Å². The molecule has 0 saturated heterocycles. The Hall–Kier alpha value is -1.65. The standard InChI is InChI=1S/C13H19NO4/c1-9(14-12(16)7-8-13(17)18)10-5-3-2-4-6-11(10)15/h7-10H,2-6H2,1H3,(H,14,16)(H,17,18)/b8-7-. The molecule has 0 aromatic rings. The van der Waals surface area contributed by atoms with E-state index in [9.17, 15) is 14.4 Å². The molecule has 0 heterocycles. The van der Waals surface area contributed by atoms with Crippen LogP contribution in [0.15, 0.2) is 12.2 Å². The van der Waals surface area contributed by atoms with Gasteiger partial charge in [0.25, 0.3) is 0 Å². The Bertz CT molecular complexity index is 362. The first-order valence-electron chi connectivity index (χ1n) is 6.25. The van der Waals surface area contributed by atoms with Gasteiger partial charge in [0, 0.05) is 30.5 Å². The highest BCUT2D eigenvalue weighted by Crippen LogP contribution is 2.22. The molecule has 2 atom stereocenters. The highest BCUT2D eigenvalue weighted by atomic mass is 16.4. The van der Waals surface area contributed by atoms with Crippen LogP contribution in [0.4, 0.5) is 0 Å². The molecular weight excluding hydrogens is 234 g/mol. The minimum Gasteiger partial charge on any atom is -0.478 e. The summed E-state index contributed by atoms with van der Waals surface area (Å²) in [5.41, 5.74) is 0. The van der Waals surface area contributed by atoms with E-state index < -0.39 is 11.9 Å². The van der Waals surface area contributed by atoms with Crippen molar-refractivity contribution >= 4 is 17.7 Å². The third-order valence-corrected chi connectivity index (χ3v) is 3.20.